The van der Waals surface area contributed by atoms with Gasteiger partial charge in [0, 0.05) is 0 Å². The third-order valence-corrected chi connectivity index (χ3v) is 2.09. The third kappa shape index (κ3) is 1.54. The topological polar surface area (TPSA) is 69.9 Å². The Morgan fingerprint density at radius 1 is 0.818 bits per heavy atom. The molecule has 0 amide bonds. The predicted octanol–water partition coefficient (Wildman–Crippen LogP) is -1.12. The molecule has 66 valence electrons. The lowest BCUT2D eigenvalue weighted by Gasteiger charge is -2.37. The van der Waals surface area contributed by atoms with E-state index in [9.17, 15) is 15.3 Å². The van der Waals surface area contributed by atoms with Crippen molar-refractivity contribution < 1.29 is 20.1 Å². The molecule has 3 N–H and O–H groups in total. The van der Waals surface area contributed by atoms with Gasteiger partial charge in [0.25, 0.3) is 0 Å². The van der Waals surface area contributed by atoms with Crippen LogP contribution in [0.15, 0.2) is 0 Å². The standard InChI is InChI=1S/C7H14O4/c1-3-5(8)7(10)6(9)4(2)11-3/h3-10H,1-2H3/t3-,4?,5+,6-,7?/m0/s1. The van der Waals surface area contributed by atoms with Crippen LogP contribution in [0.4, 0.5) is 0 Å². The van der Waals surface area contributed by atoms with Crippen LogP contribution < -0.4 is 0 Å². The predicted molar refractivity (Wildman–Crippen MR) is 38.0 cm³/mol. The van der Waals surface area contributed by atoms with Gasteiger partial charge in [0.05, 0.1) is 12.2 Å². The maximum absolute atomic E-state index is 9.21. The van der Waals surface area contributed by atoms with Crippen molar-refractivity contribution in [3.8, 4) is 0 Å². The van der Waals surface area contributed by atoms with Crippen molar-refractivity contribution in [2.24, 2.45) is 0 Å². The molecule has 0 aromatic heterocycles. The molecule has 0 aromatic rings. The average molecular weight is 162 g/mol. The van der Waals surface area contributed by atoms with Gasteiger partial charge < -0.3 is 20.1 Å². The molecule has 1 heterocycles. The molecule has 1 rings (SSSR count). The fraction of sp³-hybridized carbons (Fsp3) is 1.00. The highest BCUT2D eigenvalue weighted by Gasteiger charge is 2.39. The van der Waals surface area contributed by atoms with E-state index in [-0.39, 0.29) is 0 Å². The highest BCUT2D eigenvalue weighted by Crippen LogP contribution is 2.19. The second kappa shape index (κ2) is 3.06. The first-order chi connectivity index (χ1) is 5.04. The number of ether oxygens (including phenoxy) is 1. The van der Waals surface area contributed by atoms with Gasteiger partial charge in [-0.2, -0.15) is 0 Å². The summed E-state index contributed by atoms with van der Waals surface area (Å²) < 4.78 is 5.12. The van der Waals surface area contributed by atoms with Gasteiger partial charge in [-0.1, -0.05) is 0 Å². The van der Waals surface area contributed by atoms with E-state index in [1.807, 2.05) is 0 Å². The smallest absolute Gasteiger partial charge is 0.111 e. The summed E-state index contributed by atoms with van der Waals surface area (Å²) in [4.78, 5) is 0. The minimum atomic E-state index is -1.09. The molecule has 4 heteroatoms. The van der Waals surface area contributed by atoms with E-state index in [0.29, 0.717) is 0 Å². The Kier molecular flexibility index (Phi) is 2.49. The zero-order valence-electron chi connectivity index (χ0n) is 6.64. The number of rotatable bonds is 0. The molecular weight excluding hydrogens is 148 g/mol. The van der Waals surface area contributed by atoms with E-state index < -0.39 is 30.5 Å². The van der Waals surface area contributed by atoms with Crippen LogP contribution in [-0.2, 0) is 4.74 Å². The van der Waals surface area contributed by atoms with Gasteiger partial charge >= 0.3 is 0 Å². The van der Waals surface area contributed by atoms with Crippen molar-refractivity contribution in [1.82, 2.24) is 0 Å². The molecule has 1 aliphatic rings. The van der Waals surface area contributed by atoms with Crippen LogP contribution in [0.1, 0.15) is 13.8 Å². The van der Waals surface area contributed by atoms with E-state index in [4.69, 9.17) is 4.74 Å². The molecule has 1 saturated heterocycles. The fourth-order valence-corrected chi connectivity index (χ4v) is 1.26. The second-order valence-electron chi connectivity index (χ2n) is 3.02. The van der Waals surface area contributed by atoms with Crippen LogP contribution in [0.3, 0.4) is 0 Å². The Hall–Kier alpha value is -0.160. The molecule has 11 heavy (non-hydrogen) atoms. The molecule has 5 atom stereocenters. The highest BCUT2D eigenvalue weighted by molar-refractivity contribution is 4.88. The molecule has 0 aliphatic carbocycles. The van der Waals surface area contributed by atoms with Crippen molar-refractivity contribution in [3.05, 3.63) is 0 Å². The lowest BCUT2D eigenvalue weighted by molar-refractivity contribution is -0.211. The maximum atomic E-state index is 9.21. The van der Waals surface area contributed by atoms with Gasteiger partial charge in [0.1, 0.15) is 18.3 Å². The average Bonchev–Trinajstić information content (AvgIpc) is 1.97. The number of hydrogen-bond acceptors (Lipinski definition) is 4. The molecule has 2 unspecified atom stereocenters. The first-order valence-corrected chi connectivity index (χ1v) is 3.73. The summed E-state index contributed by atoms with van der Waals surface area (Å²) in [7, 11) is 0. The van der Waals surface area contributed by atoms with Gasteiger partial charge in [-0.3, -0.25) is 0 Å². The summed E-state index contributed by atoms with van der Waals surface area (Å²) in [6, 6.07) is 0. The van der Waals surface area contributed by atoms with Crippen molar-refractivity contribution in [2.45, 2.75) is 44.4 Å². The molecule has 0 aromatic carbocycles. The van der Waals surface area contributed by atoms with E-state index in [2.05, 4.69) is 0 Å². The molecule has 1 fully saturated rings. The summed E-state index contributed by atoms with van der Waals surface area (Å²) in [5.74, 6) is 0. The summed E-state index contributed by atoms with van der Waals surface area (Å²) in [5.41, 5.74) is 0. The van der Waals surface area contributed by atoms with Gasteiger partial charge in [0.2, 0.25) is 0 Å². The molecule has 1 aliphatic heterocycles. The number of aliphatic hydroxyl groups excluding tert-OH is 3. The SMILES string of the molecule is CC1O[C@@H](C)[C@@H](O)C(O)[C@H]1O. The van der Waals surface area contributed by atoms with E-state index in [1.165, 1.54) is 0 Å². The minimum Gasteiger partial charge on any atom is -0.388 e. The van der Waals surface area contributed by atoms with Crippen LogP contribution in [-0.4, -0.2) is 45.8 Å². The van der Waals surface area contributed by atoms with Gasteiger partial charge in [0.15, 0.2) is 0 Å². The molecule has 0 radical (unpaired) electrons. The Balaban J connectivity index is 2.63. The van der Waals surface area contributed by atoms with Gasteiger partial charge in [-0.05, 0) is 13.8 Å². The number of aliphatic hydroxyl groups is 3. The quantitative estimate of drug-likeness (QED) is 0.422. The number of hydrogen-bond donors (Lipinski definition) is 3. The van der Waals surface area contributed by atoms with Crippen LogP contribution >= 0.6 is 0 Å². The van der Waals surface area contributed by atoms with Gasteiger partial charge in [-0.25, -0.2) is 0 Å². The molecular formula is C7H14O4. The zero-order valence-corrected chi connectivity index (χ0v) is 6.64. The van der Waals surface area contributed by atoms with E-state index in [1.54, 1.807) is 13.8 Å². The monoisotopic (exact) mass is 162 g/mol. The third-order valence-electron chi connectivity index (χ3n) is 2.09. The highest BCUT2D eigenvalue weighted by atomic mass is 16.5. The zero-order chi connectivity index (χ0) is 8.59. The van der Waals surface area contributed by atoms with Crippen LogP contribution in [0, 0.1) is 0 Å². The summed E-state index contributed by atoms with van der Waals surface area (Å²) >= 11 is 0. The summed E-state index contributed by atoms with van der Waals surface area (Å²) in [6.45, 7) is 3.33. The molecule has 4 nitrogen and oxygen atoms in total. The van der Waals surface area contributed by atoms with Crippen LogP contribution in [0.2, 0.25) is 0 Å². The van der Waals surface area contributed by atoms with E-state index >= 15 is 0 Å². The largest absolute Gasteiger partial charge is 0.388 e. The maximum Gasteiger partial charge on any atom is 0.111 e. The lowest BCUT2D eigenvalue weighted by atomic mass is 9.97. The first kappa shape index (κ1) is 8.93. The normalized spacial score (nSPS) is 52.6. The van der Waals surface area contributed by atoms with Crippen molar-refractivity contribution >= 4 is 0 Å². The Morgan fingerprint density at radius 2 is 1.18 bits per heavy atom. The molecule has 0 bridgehead atoms. The Morgan fingerprint density at radius 3 is 1.55 bits per heavy atom. The summed E-state index contributed by atoms with van der Waals surface area (Å²) in [5, 5.41) is 27.6. The lowest BCUT2D eigenvalue weighted by Crippen LogP contribution is -2.55. The summed E-state index contributed by atoms with van der Waals surface area (Å²) in [6.07, 6.45) is -3.89. The van der Waals surface area contributed by atoms with Crippen LogP contribution in [0.5, 0.6) is 0 Å². The second-order valence-corrected chi connectivity index (χ2v) is 3.02. The Bertz CT molecular complexity index is 124. The first-order valence-electron chi connectivity index (χ1n) is 3.73. The Labute approximate surface area is 65.4 Å². The molecule has 0 spiro atoms. The van der Waals surface area contributed by atoms with Crippen molar-refractivity contribution in [3.63, 3.8) is 0 Å². The van der Waals surface area contributed by atoms with Crippen molar-refractivity contribution in [2.75, 3.05) is 0 Å². The van der Waals surface area contributed by atoms with E-state index in [0.717, 1.165) is 0 Å². The minimum absolute atomic E-state index is 0.414. The van der Waals surface area contributed by atoms with Crippen molar-refractivity contribution in [1.29, 1.82) is 0 Å². The fourth-order valence-electron chi connectivity index (χ4n) is 1.26. The van der Waals surface area contributed by atoms with Crippen LogP contribution in [0.25, 0.3) is 0 Å². The molecule has 0 saturated carbocycles. The van der Waals surface area contributed by atoms with Gasteiger partial charge in [-0.15, -0.1) is 0 Å².